The largest absolute Gasteiger partial charge is 0.484 e. The molecule has 0 aliphatic heterocycles. The Morgan fingerprint density at radius 2 is 1.96 bits per heavy atom. The molecule has 2 rings (SSSR count). The molecule has 0 saturated heterocycles. The van der Waals surface area contributed by atoms with Crippen LogP contribution in [0.2, 0.25) is 0 Å². The van der Waals surface area contributed by atoms with E-state index in [-0.39, 0.29) is 12.5 Å². The number of halogens is 1. The Labute approximate surface area is 144 Å². The van der Waals surface area contributed by atoms with E-state index in [2.05, 4.69) is 33.4 Å². The van der Waals surface area contributed by atoms with Gasteiger partial charge in [-0.05, 0) is 30.2 Å². The van der Waals surface area contributed by atoms with Crippen molar-refractivity contribution in [2.45, 2.75) is 19.8 Å². The molecule has 1 amide bonds. The quantitative estimate of drug-likeness (QED) is 0.584. The van der Waals surface area contributed by atoms with Crippen molar-refractivity contribution < 1.29 is 9.53 Å². The van der Waals surface area contributed by atoms with E-state index in [1.165, 1.54) is 0 Å². The van der Waals surface area contributed by atoms with E-state index in [0.29, 0.717) is 5.75 Å². The lowest BCUT2D eigenvalue weighted by Crippen LogP contribution is -2.26. The normalized spacial score (nSPS) is 11.1. The van der Waals surface area contributed by atoms with Gasteiger partial charge in [-0.1, -0.05) is 65.7 Å². The minimum absolute atomic E-state index is 0.0752. The third-order valence-corrected chi connectivity index (χ3v) is 3.57. The van der Waals surface area contributed by atoms with E-state index in [9.17, 15) is 4.79 Å². The fraction of sp³-hybridized carbons (Fsp3) is 0.222. The van der Waals surface area contributed by atoms with Crippen molar-refractivity contribution in [1.29, 1.82) is 0 Å². The van der Waals surface area contributed by atoms with E-state index >= 15 is 0 Å². The third kappa shape index (κ3) is 5.87. The second kappa shape index (κ2) is 9.10. The monoisotopic (exact) mass is 374 g/mol. The van der Waals surface area contributed by atoms with E-state index in [4.69, 9.17) is 4.74 Å². The van der Waals surface area contributed by atoms with Gasteiger partial charge in [-0.25, -0.2) is 5.43 Å². The summed E-state index contributed by atoms with van der Waals surface area (Å²) in [7, 11) is 0. The molecule has 0 aliphatic rings. The second-order valence-electron chi connectivity index (χ2n) is 4.96. The topological polar surface area (TPSA) is 50.7 Å². The summed E-state index contributed by atoms with van der Waals surface area (Å²) >= 11 is 3.36. The SMILES string of the molecule is CCC/C(=N/NC(=O)COc1cccc(Br)c1)c1ccccc1. The van der Waals surface area contributed by atoms with Crippen LogP contribution < -0.4 is 10.2 Å². The predicted octanol–water partition coefficient (Wildman–Crippen LogP) is 4.15. The van der Waals surface area contributed by atoms with Crippen LogP contribution in [0.3, 0.4) is 0 Å². The van der Waals surface area contributed by atoms with Crippen molar-refractivity contribution in [3.63, 3.8) is 0 Å². The van der Waals surface area contributed by atoms with E-state index in [1.54, 1.807) is 6.07 Å². The van der Waals surface area contributed by atoms with Crippen molar-refractivity contribution in [3.8, 4) is 5.75 Å². The number of hydrogen-bond donors (Lipinski definition) is 1. The standard InChI is InChI=1S/C18H19BrN2O2/c1-2-7-17(14-8-4-3-5-9-14)20-21-18(22)13-23-16-11-6-10-15(19)12-16/h3-6,8-12H,2,7,13H2,1H3,(H,21,22)/b20-17-. The van der Waals surface area contributed by atoms with Gasteiger partial charge < -0.3 is 4.74 Å². The van der Waals surface area contributed by atoms with Gasteiger partial charge in [0.05, 0.1) is 5.71 Å². The van der Waals surface area contributed by atoms with Crippen LogP contribution in [-0.4, -0.2) is 18.2 Å². The van der Waals surface area contributed by atoms with Crippen LogP contribution >= 0.6 is 15.9 Å². The Morgan fingerprint density at radius 3 is 2.65 bits per heavy atom. The summed E-state index contributed by atoms with van der Waals surface area (Å²) in [6.07, 6.45) is 1.76. The number of rotatable bonds is 7. The lowest BCUT2D eigenvalue weighted by atomic mass is 10.1. The maximum Gasteiger partial charge on any atom is 0.277 e. The summed E-state index contributed by atoms with van der Waals surface area (Å²) in [4.78, 5) is 11.9. The molecule has 0 saturated carbocycles. The zero-order valence-electron chi connectivity index (χ0n) is 13.0. The molecule has 0 fully saturated rings. The highest BCUT2D eigenvalue weighted by molar-refractivity contribution is 9.10. The average Bonchev–Trinajstić information content (AvgIpc) is 2.57. The first kappa shape index (κ1) is 17.2. The number of carbonyl (C=O) groups is 1. The van der Waals surface area contributed by atoms with Crippen LogP contribution in [0.25, 0.3) is 0 Å². The predicted molar refractivity (Wildman–Crippen MR) is 95.7 cm³/mol. The first-order chi connectivity index (χ1) is 11.2. The van der Waals surface area contributed by atoms with Gasteiger partial charge in [0, 0.05) is 4.47 Å². The Kier molecular flexibility index (Phi) is 6.81. The molecule has 0 aromatic heterocycles. The van der Waals surface area contributed by atoms with Gasteiger partial charge in [-0.15, -0.1) is 0 Å². The van der Waals surface area contributed by atoms with Gasteiger partial charge >= 0.3 is 0 Å². The zero-order valence-corrected chi connectivity index (χ0v) is 14.5. The first-order valence-electron chi connectivity index (χ1n) is 7.48. The van der Waals surface area contributed by atoms with Crippen LogP contribution in [-0.2, 0) is 4.79 Å². The van der Waals surface area contributed by atoms with E-state index < -0.39 is 0 Å². The maximum absolute atomic E-state index is 11.9. The zero-order chi connectivity index (χ0) is 16.5. The maximum atomic E-state index is 11.9. The number of benzene rings is 2. The minimum atomic E-state index is -0.283. The van der Waals surface area contributed by atoms with Crippen molar-refractivity contribution in [2.75, 3.05) is 6.61 Å². The molecule has 0 spiro atoms. The number of hydrazone groups is 1. The number of carbonyl (C=O) groups excluding carboxylic acids is 1. The van der Waals surface area contributed by atoms with Crippen LogP contribution in [0, 0.1) is 0 Å². The van der Waals surface area contributed by atoms with Gasteiger partial charge in [0.15, 0.2) is 6.61 Å². The van der Waals surface area contributed by atoms with Gasteiger partial charge in [-0.2, -0.15) is 5.10 Å². The molecule has 4 nitrogen and oxygen atoms in total. The lowest BCUT2D eigenvalue weighted by molar-refractivity contribution is -0.123. The van der Waals surface area contributed by atoms with Crippen LogP contribution in [0.15, 0.2) is 64.2 Å². The molecule has 5 heteroatoms. The Bertz CT molecular complexity index is 672. The summed E-state index contributed by atoms with van der Waals surface area (Å²) in [5, 5.41) is 4.24. The Balaban J connectivity index is 1.92. The fourth-order valence-electron chi connectivity index (χ4n) is 2.00. The molecule has 2 aromatic rings. The van der Waals surface area contributed by atoms with Gasteiger partial charge in [0.2, 0.25) is 0 Å². The van der Waals surface area contributed by atoms with Crippen molar-refractivity contribution in [3.05, 3.63) is 64.6 Å². The number of ether oxygens (including phenoxy) is 1. The molecule has 23 heavy (non-hydrogen) atoms. The summed E-state index contributed by atoms with van der Waals surface area (Å²) in [6.45, 7) is 2.00. The summed E-state index contributed by atoms with van der Waals surface area (Å²) in [5.74, 6) is 0.352. The summed E-state index contributed by atoms with van der Waals surface area (Å²) < 4.78 is 6.34. The molecule has 0 unspecified atom stereocenters. The number of nitrogens with zero attached hydrogens (tertiary/aromatic N) is 1. The highest BCUT2D eigenvalue weighted by Gasteiger charge is 2.05. The minimum Gasteiger partial charge on any atom is -0.484 e. The van der Waals surface area contributed by atoms with Crippen molar-refractivity contribution in [1.82, 2.24) is 5.43 Å². The Morgan fingerprint density at radius 1 is 1.17 bits per heavy atom. The average molecular weight is 375 g/mol. The third-order valence-electron chi connectivity index (χ3n) is 3.08. The summed E-state index contributed by atoms with van der Waals surface area (Å²) in [5.41, 5.74) is 4.44. The van der Waals surface area contributed by atoms with Crippen molar-refractivity contribution >= 4 is 27.5 Å². The van der Waals surface area contributed by atoms with Crippen LogP contribution in [0.4, 0.5) is 0 Å². The molecule has 2 aromatic carbocycles. The molecule has 0 radical (unpaired) electrons. The van der Waals surface area contributed by atoms with Gasteiger partial charge in [0.25, 0.3) is 5.91 Å². The van der Waals surface area contributed by atoms with Gasteiger partial charge in [0.1, 0.15) is 5.75 Å². The molecule has 0 atom stereocenters. The number of hydrogen-bond acceptors (Lipinski definition) is 3. The van der Waals surface area contributed by atoms with E-state index in [0.717, 1.165) is 28.6 Å². The smallest absolute Gasteiger partial charge is 0.277 e. The second-order valence-corrected chi connectivity index (χ2v) is 5.87. The molecule has 120 valence electrons. The highest BCUT2D eigenvalue weighted by Crippen LogP contribution is 2.17. The number of amides is 1. The van der Waals surface area contributed by atoms with Crippen molar-refractivity contribution in [2.24, 2.45) is 5.10 Å². The molecule has 1 N–H and O–H groups in total. The first-order valence-corrected chi connectivity index (χ1v) is 8.27. The molecule has 0 heterocycles. The molecule has 0 bridgehead atoms. The fourth-order valence-corrected chi connectivity index (χ4v) is 2.38. The van der Waals surface area contributed by atoms with E-state index in [1.807, 2.05) is 48.5 Å². The van der Waals surface area contributed by atoms with Crippen LogP contribution in [0.1, 0.15) is 25.3 Å². The Hall–Kier alpha value is -2.14. The molecular formula is C18H19BrN2O2. The van der Waals surface area contributed by atoms with Gasteiger partial charge in [-0.3, -0.25) is 4.79 Å². The molecule has 0 aliphatic carbocycles. The number of nitrogens with one attached hydrogen (secondary N) is 1. The van der Waals surface area contributed by atoms with Crippen LogP contribution in [0.5, 0.6) is 5.75 Å². The summed E-state index contributed by atoms with van der Waals surface area (Å²) in [6, 6.07) is 17.2. The lowest BCUT2D eigenvalue weighted by Gasteiger charge is -2.08. The molecular weight excluding hydrogens is 356 g/mol. The highest BCUT2D eigenvalue weighted by atomic mass is 79.9.